The lowest BCUT2D eigenvalue weighted by Gasteiger charge is -2.23. The third kappa shape index (κ3) is 6.97. The number of rotatable bonds is 9. The summed E-state index contributed by atoms with van der Waals surface area (Å²) in [5.74, 6) is 0.786. The molecule has 0 saturated carbocycles. The Hall–Kier alpha value is -3.54. The van der Waals surface area contributed by atoms with Crippen LogP contribution in [0.15, 0.2) is 60.7 Å². The smallest absolute Gasteiger partial charge is 0.276 e. The molecule has 6 heteroatoms. The molecule has 0 unspecified atom stereocenters. The minimum absolute atomic E-state index is 0.192. The number of benzene rings is 3. The van der Waals surface area contributed by atoms with Crippen LogP contribution in [0.4, 0.5) is 0 Å². The first-order valence-corrected chi connectivity index (χ1v) is 11.2. The molecule has 2 N–H and O–H groups in total. The van der Waals surface area contributed by atoms with Gasteiger partial charge in [0.1, 0.15) is 11.5 Å². The van der Waals surface area contributed by atoms with Crippen molar-refractivity contribution in [3.05, 3.63) is 71.8 Å². The largest absolute Gasteiger partial charge is 0.493 e. The molecule has 0 fully saturated rings. The van der Waals surface area contributed by atoms with Crippen LogP contribution in [0.2, 0.25) is 0 Å². The van der Waals surface area contributed by atoms with Crippen molar-refractivity contribution < 1.29 is 19.1 Å². The molecule has 2 amide bonds. The molecule has 0 heterocycles. The molecule has 33 heavy (non-hydrogen) atoms. The minimum atomic E-state index is -0.655. The lowest BCUT2D eigenvalue weighted by atomic mass is 9.87. The fourth-order valence-corrected chi connectivity index (χ4v) is 3.41. The SMILES string of the molecule is Cc1ccc(C)c(OCCCC(C)(C)C(=O)NNC(=O)COc2ccc3ccccc3c2)c1. The lowest BCUT2D eigenvalue weighted by Crippen LogP contribution is -2.48. The van der Waals surface area contributed by atoms with E-state index < -0.39 is 11.3 Å². The molecule has 0 aliphatic heterocycles. The summed E-state index contributed by atoms with van der Waals surface area (Å²) in [6, 6.07) is 19.7. The molecule has 0 atom stereocenters. The van der Waals surface area contributed by atoms with Crippen LogP contribution in [-0.2, 0) is 9.59 Å². The van der Waals surface area contributed by atoms with Gasteiger partial charge in [-0.15, -0.1) is 0 Å². The maximum absolute atomic E-state index is 12.5. The molecule has 0 aromatic heterocycles. The molecule has 0 aliphatic rings. The van der Waals surface area contributed by atoms with Crippen molar-refractivity contribution in [1.82, 2.24) is 10.9 Å². The van der Waals surface area contributed by atoms with Crippen molar-refractivity contribution in [2.45, 2.75) is 40.5 Å². The van der Waals surface area contributed by atoms with Crippen LogP contribution in [-0.4, -0.2) is 25.0 Å². The Labute approximate surface area is 195 Å². The summed E-state index contributed by atoms with van der Waals surface area (Å²) in [7, 11) is 0. The number of fused-ring (bicyclic) bond motifs is 1. The van der Waals surface area contributed by atoms with Crippen LogP contribution < -0.4 is 20.3 Å². The number of carbonyl (C=O) groups excluding carboxylic acids is 2. The Balaban J connectivity index is 1.38. The molecule has 0 saturated heterocycles. The molecule has 3 aromatic carbocycles. The van der Waals surface area contributed by atoms with Gasteiger partial charge < -0.3 is 9.47 Å². The minimum Gasteiger partial charge on any atom is -0.493 e. The fraction of sp³-hybridized carbons (Fsp3) is 0.333. The van der Waals surface area contributed by atoms with Gasteiger partial charge in [-0.1, -0.05) is 56.3 Å². The zero-order valence-corrected chi connectivity index (χ0v) is 19.7. The van der Waals surface area contributed by atoms with Crippen LogP contribution in [0.3, 0.4) is 0 Å². The number of hydrogen-bond donors (Lipinski definition) is 2. The van der Waals surface area contributed by atoms with E-state index in [4.69, 9.17) is 9.47 Å². The Bertz CT molecular complexity index is 1120. The molecular formula is C27H32N2O4. The second-order valence-electron chi connectivity index (χ2n) is 8.90. The van der Waals surface area contributed by atoms with E-state index in [2.05, 4.69) is 16.9 Å². The first kappa shape index (κ1) is 24.1. The second kappa shape index (κ2) is 10.9. The van der Waals surface area contributed by atoms with Crippen LogP contribution >= 0.6 is 0 Å². The van der Waals surface area contributed by atoms with E-state index in [0.717, 1.165) is 27.6 Å². The summed E-state index contributed by atoms with van der Waals surface area (Å²) in [4.78, 5) is 24.7. The zero-order chi connectivity index (χ0) is 23.8. The van der Waals surface area contributed by atoms with E-state index in [1.807, 2.05) is 82.3 Å². The molecule has 3 aromatic rings. The summed E-state index contributed by atoms with van der Waals surface area (Å²) in [6.45, 7) is 8.06. The maximum atomic E-state index is 12.5. The molecule has 3 rings (SSSR count). The monoisotopic (exact) mass is 448 g/mol. The molecular weight excluding hydrogens is 416 g/mol. The van der Waals surface area contributed by atoms with Gasteiger partial charge in [-0.3, -0.25) is 20.4 Å². The molecule has 0 aliphatic carbocycles. The average Bonchev–Trinajstić information content (AvgIpc) is 2.80. The van der Waals surface area contributed by atoms with Crippen molar-refractivity contribution in [1.29, 1.82) is 0 Å². The predicted octanol–water partition coefficient (Wildman–Crippen LogP) is 4.87. The first-order valence-electron chi connectivity index (χ1n) is 11.2. The van der Waals surface area contributed by atoms with Gasteiger partial charge in [-0.05, 0) is 66.8 Å². The molecule has 174 valence electrons. The number of carbonyl (C=O) groups is 2. The summed E-state index contributed by atoms with van der Waals surface area (Å²) >= 11 is 0. The molecule has 0 radical (unpaired) electrons. The summed E-state index contributed by atoms with van der Waals surface area (Å²) < 4.78 is 11.4. The van der Waals surface area contributed by atoms with E-state index >= 15 is 0 Å². The highest BCUT2D eigenvalue weighted by Crippen LogP contribution is 2.24. The van der Waals surface area contributed by atoms with Gasteiger partial charge in [0.15, 0.2) is 6.61 Å². The number of amides is 2. The normalized spacial score (nSPS) is 11.2. The Morgan fingerprint density at radius 3 is 2.42 bits per heavy atom. The van der Waals surface area contributed by atoms with E-state index in [1.165, 1.54) is 0 Å². The predicted molar refractivity (Wildman–Crippen MR) is 130 cm³/mol. The van der Waals surface area contributed by atoms with Crippen LogP contribution in [0.5, 0.6) is 11.5 Å². The average molecular weight is 449 g/mol. The summed E-state index contributed by atoms with van der Waals surface area (Å²) in [5.41, 5.74) is 6.52. The molecule has 0 spiro atoms. The van der Waals surface area contributed by atoms with E-state index in [1.54, 1.807) is 0 Å². The van der Waals surface area contributed by atoms with Gasteiger partial charge in [-0.2, -0.15) is 0 Å². The van der Waals surface area contributed by atoms with Crippen molar-refractivity contribution in [3.8, 4) is 11.5 Å². The van der Waals surface area contributed by atoms with Gasteiger partial charge >= 0.3 is 0 Å². The maximum Gasteiger partial charge on any atom is 0.276 e. The number of nitrogens with one attached hydrogen (secondary N) is 2. The van der Waals surface area contributed by atoms with E-state index in [-0.39, 0.29) is 12.5 Å². The number of hydrogen-bond acceptors (Lipinski definition) is 4. The Morgan fingerprint density at radius 2 is 1.64 bits per heavy atom. The summed E-state index contributed by atoms with van der Waals surface area (Å²) in [5, 5.41) is 2.13. The van der Waals surface area contributed by atoms with Crippen LogP contribution in [0, 0.1) is 19.3 Å². The van der Waals surface area contributed by atoms with Crippen molar-refractivity contribution in [2.24, 2.45) is 5.41 Å². The van der Waals surface area contributed by atoms with Gasteiger partial charge in [-0.25, -0.2) is 0 Å². The first-order chi connectivity index (χ1) is 15.7. The topological polar surface area (TPSA) is 76.7 Å². The van der Waals surface area contributed by atoms with Gasteiger partial charge in [0.05, 0.1) is 6.61 Å². The Kier molecular flexibility index (Phi) is 7.93. The highest BCUT2D eigenvalue weighted by Gasteiger charge is 2.27. The third-order valence-electron chi connectivity index (χ3n) is 5.57. The van der Waals surface area contributed by atoms with E-state index in [0.29, 0.717) is 25.2 Å². The fourth-order valence-electron chi connectivity index (χ4n) is 3.41. The van der Waals surface area contributed by atoms with Crippen molar-refractivity contribution >= 4 is 22.6 Å². The van der Waals surface area contributed by atoms with E-state index in [9.17, 15) is 9.59 Å². The van der Waals surface area contributed by atoms with Gasteiger partial charge in [0.25, 0.3) is 5.91 Å². The quantitative estimate of drug-likeness (QED) is 0.362. The highest BCUT2D eigenvalue weighted by molar-refractivity contribution is 5.86. The number of ether oxygens (including phenoxy) is 2. The van der Waals surface area contributed by atoms with Crippen LogP contribution in [0.1, 0.15) is 37.8 Å². The van der Waals surface area contributed by atoms with Gasteiger partial charge in [0, 0.05) is 5.41 Å². The number of hydrazine groups is 1. The second-order valence-corrected chi connectivity index (χ2v) is 8.90. The summed E-state index contributed by atoms with van der Waals surface area (Å²) in [6.07, 6.45) is 1.33. The molecule has 0 bridgehead atoms. The lowest BCUT2D eigenvalue weighted by molar-refractivity contribution is -0.135. The highest BCUT2D eigenvalue weighted by atomic mass is 16.5. The number of aryl methyl sites for hydroxylation is 2. The third-order valence-corrected chi connectivity index (χ3v) is 5.57. The standard InChI is InChI=1S/C27H32N2O4/c1-19-10-11-20(2)24(16-19)32-15-7-14-27(3,4)26(31)29-28-25(30)18-33-23-13-12-21-8-5-6-9-22(21)17-23/h5-6,8-13,16-17H,7,14-15,18H2,1-4H3,(H,28,30)(H,29,31). The van der Waals surface area contributed by atoms with Crippen molar-refractivity contribution in [2.75, 3.05) is 13.2 Å². The van der Waals surface area contributed by atoms with Gasteiger partial charge in [0.2, 0.25) is 5.91 Å². The van der Waals surface area contributed by atoms with Crippen molar-refractivity contribution in [3.63, 3.8) is 0 Å². The van der Waals surface area contributed by atoms with Crippen LogP contribution in [0.25, 0.3) is 10.8 Å². The zero-order valence-electron chi connectivity index (χ0n) is 19.7. The Morgan fingerprint density at radius 1 is 0.879 bits per heavy atom. The molecule has 6 nitrogen and oxygen atoms in total.